The van der Waals surface area contributed by atoms with Crippen LogP contribution in [-0.4, -0.2) is 31.9 Å². The maximum absolute atomic E-state index is 13.5. The van der Waals surface area contributed by atoms with E-state index in [9.17, 15) is 24.8 Å². The summed E-state index contributed by atoms with van der Waals surface area (Å²) in [5.41, 5.74) is -0.234. The van der Waals surface area contributed by atoms with Gasteiger partial charge in [-0.3, -0.25) is 14.9 Å². The molecule has 0 unspecified atom stereocenters. The molecule has 0 radical (unpaired) electrons. The van der Waals surface area contributed by atoms with E-state index in [1.807, 2.05) is 20.8 Å². The number of fused-ring (bicyclic) bond motifs is 1. The van der Waals surface area contributed by atoms with Crippen LogP contribution in [0, 0.1) is 10.1 Å². The lowest BCUT2D eigenvalue weighted by Crippen LogP contribution is -2.29. The predicted molar refractivity (Wildman–Crippen MR) is 151 cm³/mol. The van der Waals surface area contributed by atoms with E-state index in [4.69, 9.17) is 16.3 Å². The Morgan fingerprint density at radius 1 is 1.23 bits per heavy atom. The lowest BCUT2D eigenvalue weighted by atomic mass is 9.95. The van der Waals surface area contributed by atoms with Crippen molar-refractivity contribution in [3.05, 3.63) is 107 Å². The van der Waals surface area contributed by atoms with Gasteiger partial charge in [-0.1, -0.05) is 60.4 Å². The lowest BCUT2D eigenvalue weighted by Gasteiger charge is -2.21. The molecule has 0 saturated heterocycles. The summed E-state index contributed by atoms with van der Waals surface area (Å²) < 4.78 is 7.66. The van der Waals surface area contributed by atoms with E-state index in [0.717, 1.165) is 10.7 Å². The van der Waals surface area contributed by atoms with Crippen LogP contribution >= 0.6 is 27.5 Å². The third kappa shape index (κ3) is 6.15. The monoisotopic (exact) mass is 612 g/mol. The zero-order valence-electron chi connectivity index (χ0n) is 21.0. The molecule has 4 rings (SSSR count). The molecule has 0 fully saturated rings. The van der Waals surface area contributed by atoms with Gasteiger partial charge in [-0.05, 0) is 42.0 Å². The van der Waals surface area contributed by atoms with Crippen LogP contribution in [0.5, 0.6) is 5.75 Å². The highest BCUT2D eigenvalue weighted by Gasteiger charge is 2.24. The van der Waals surface area contributed by atoms with Crippen LogP contribution in [0.15, 0.2) is 69.0 Å². The van der Waals surface area contributed by atoms with Gasteiger partial charge in [0, 0.05) is 26.5 Å². The number of nitro groups is 1. The van der Waals surface area contributed by atoms with Crippen molar-refractivity contribution in [3.8, 4) is 5.75 Å². The van der Waals surface area contributed by atoms with Crippen LogP contribution in [0.1, 0.15) is 48.1 Å². The highest BCUT2D eigenvalue weighted by molar-refractivity contribution is 9.10. The van der Waals surface area contributed by atoms with Gasteiger partial charge in [-0.2, -0.15) is 9.78 Å². The molecule has 0 aliphatic rings. The smallest absolute Gasteiger partial charge is 0.335 e. The van der Waals surface area contributed by atoms with Crippen molar-refractivity contribution in [2.75, 3.05) is 0 Å². The minimum atomic E-state index is -1.11. The molecule has 200 valence electrons. The van der Waals surface area contributed by atoms with Crippen LogP contribution in [0.3, 0.4) is 0 Å². The Morgan fingerprint density at radius 2 is 1.97 bits per heavy atom. The first-order valence-electron chi connectivity index (χ1n) is 11.6. The second kappa shape index (κ2) is 11.0. The van der Waals surface area contributed by atoms with Gasteiger partial charge in [-0.15, -0.1) is 0 Å². The summed E-state index contributed by atoms with van der Waals surface area (Å²) in [5.74, 6) is -0.878. The lowest BCUT2D eigenvalue weighted by molar-refractivity contribution is -0.385. The molecular formula is C27H22BrClN4O6. The summed E-state index contributed by atoms with van der Waals surface area (Å²) in [6.45, 7) is 5.49. The van der Waals surface area contributed by atoms with Gasteiger partial charge in [0.25, 0.3) is 5.56 Å². The Bertz CT molecular complexity index is 1710. The maximum atomic E-state index is 13.5. The van der Waals surface area contributed by atoms with E-state index in [1.165, 1.54) is 24.4 Å². The van der Waals surface area contributed by atoms with E-state index < -0.39 is 27.6 Å². The number of hydrogen-bond donors (Lipinski definition) is 1. The van der Waals surface area contributed by atoms with Crippen molar-refractivity contribution >= 4 is 56.3 Å². The van der Waals surface area contributed by atoms with E-state index >= 15 is 0 Å². The fraction of sp³-hybridized carbons (Fsp3) is 0.185. The Morgan fingerprint density at radius 3 is 2.64 bits per heavy atom. The zero-order valence-corrected chi connectivity index (χ0v) is 23.4. The zero-order chi connectivity index (χ0) is 28.5. The van der Waals surface area contributed by atoms with Gasteiger partial charge in [0.05, 0.1) is 27.6 Å². The van der Waals surface area contributed by atoms with Gasteiger partial charge in [0.15, 0.2) is 0 Å². The first-order valence-corrected chi connectivity index (χ1v) is 12.7. The van der Waals surface area contributed by atoms with Gasteiger partial charge in [0.2, 0.25) is 5.75 Å². The summed E-state index contributed by atoms with van der Waals surface area (Å²) >= 11 is 9.55. The van der Waals surface area contributed by atoms with Gasteiger partial charge >= 0.3 is 11.7 Å². The SMILES string of the molecule is CC(C)(C)c1nc2ccc(Br)cc2c(=O)n1N=Cc1cc(Cl)cc([N+](=O)[O-])c1OCc1cccc(C(=O)O)c1. The molecule has 1 heterocycles. The number of carboxylic acid groups (broad SMARTS) is 1. The van der Waals surface area contributed by atoms with Crippen LogP contribution < -0.4 is 10.3 Å². The molecule has 0 aliphatic carbocycles. The van der Waals surface area contributed by atoms with Gasteiger partial charge < -0.3 is 9.84 Å². The van der Waals surface area contributed by atoms with E-state index in [1.54, 1.807) is 30.3 Å². The first kappa shape index (κ1) is 27.9. The Balaban J connectivity index is 1.84. The number of halogens is 2. The van der Waals surface area contributed by atoms with E-state index in [2.05, 4.69) is 26.0 Å². The van der Waals surface area contributed by atoms with Crippen LogP contribution in [0.2, 0.25) is 5.02 Å². The van der Waals surface area contributed by atoms with Crippen molar-refractivity contribution in [2.24, 2.45) is 5.10 Å². The number of benzene rings is 3. The number of rotatable bonds is 7. The number of carboxylic acids is 1. The number of aromatic carboxylic acids is 1. The number of aromatic nitrogens is 2. The molecule has 12 heteroatoms. The summed E-state index contributed by atoms with van der Waals surface area (Å²) in [6, 6.07) is 13.7. The van der Waals surface area contributed by atoms with Crippen LogP contribution in [0.25, 0.3) is 10.9 Å². The Kier molecular flexibility index (Phi) is 7.84. The van der Waals surface area contributed by atoms with E-state index in [-0.39, 0.29) is 28.5 Å². The molecule has 39 heavy (non-hydrogen) atoms. The molecule has 3 aromatic carbocycles. The maximum Gasteiger partial charge on any atom is 0.335 e. The molecule has 4 aromatic rings. The second-order valence-electron chi connectivity index (χ2n) is 9.60. The molecule has 1 N–H and O–H groups in total. The average molecular weight is 614 g/mol. The minimum absolute atomic E-state index is 0.0491. The highest BCUT2D eigenvalue weighted by atomic mass is 79.9. The normalized spacial score (nSPS) is 11.7. The van der Waals surface area contributed by atoms with Crippen molar-refractivity contribution in [3.63, 3.8) is 0 Å². The average Bonchev–Trinajstić information content (AvgIpc) is 2.86. The number of ether oxygens (including phenoxy) is 1. The number of carbonyl (C=O) groups is 1. The molecular weight excluding hydrogens is 592 g/mol. The molecule has 0 saturated carbocycles. The molecule has 0 atom stereocenters. The second-order valence-corrected chi connectivity index (χ2v) is 11.0. The largest absolute Gasteiger partial charge is 0.481 e. The van der Waals surface area contributed by atoms with Gasteiger partial charge in [-0.25, -0.2) is 9.78 Å². The summed E-state index contributed by atoms with van der Waals surface area (Å²) in [4.78, 5) is 40.6. The minimum Gasteiger partial charge on any atom is -0.481 e. The van der Waals surface area contributed by atoms with Crippen LogP contribution in [-0.2, 0) is 12.0 Å². The van der Waals surface area contributed by atoms with Crippen LogP contribution in [0.4, 0.5) is 5.69 Å². The van der Waals surface area contributed by atoms with Crippen molar-refractivity contribution < 1.29 is 19.6 Å². The van der Waals surface area contributed by atoms with Crippen molar-refractivity contribution in [1.82, 2.24) is 9.66 Å². The molecule has 10 nitrogen and oxygen atoms in total. The Labute approximate surface area is 235 Å². The number of nitro benzene ring substituents is 1. The fourth-order valence-corrected chi connectivity index (χ4v) is 4.38. The molecule has 0 aliphatic heterocycles. The quantitative estimate of drug-likeness (QED) is 0.149. The Hall–Kier alpha value is -4.09. The molecule has 0 spiro atoms. The van der Waals surface area contributed by atoms with Gasteiger partial charge in [0.1, 0.15) is 12.4 Å². The fourth-order valence-electron chi connectivity index (χ4n) is 3.80. The highest BCUT2D eigenvalue weighted by Crippen LogP contribution is 2.34. The van der Waals surface area contributed by atoms with Crippen molar-refractivity contribution in [1.29, 1.82) is 0 Å². The third-order valence-electron chi connectivity index (χ3n) is 5.61. The number of nitrogens with zero attached hydrogens (tertiary/aromatic N) is 4. The number of hydrogen-bond acceptors (Lipinski definition) is 7. The molecule has 0 amide bonds. The van der Waals surface area contributed by atoms with Crippen molar-refractivity contribution in [2.45, 2.75) is 32.8 Å². The molecule has 0 bridgehead atoms. The summed E-state index contributed by atoms with van der Waals surface area (Å²) in [7, 11) is 0. The standard InChI is InChI=1S/C27H22BrClN4O6/c1-27(2,3)26-31-21-8-7-18(28)11-20(21)24(34)32(26)30-13-17-10-19(29)12-22(33(37)38)23(17)39-14-15-5-4-6-16(9-15)25(35)36/h4-13H,14H2,1-3H3,(H,35,36). The first-order chi connectivity index (χ1) is 18.3. The third-order valence-corrected chi connectivity index (χ3v) is 6.32. The summed E-state index contributed by atoms with van der Waals surface area (Å²) in [5, 5.41) is 25.9. The topological polar surface area (TPSA) is 137 Å². The summed E-state index contributed by atoms with van der Waals surface area (Å²) in [6.07, 6.45) is 1.25. The molecule has 1 aromatic heterocycles. The predicted octanol–water partition coefficient (Wildman–Crippen LogP) is 6.18. The van der Waals surface area contributed by atoms with E-state index in [0.29, 0.717) is 26.8 Å².